The van der Waals surface area contributed by atoms with Gasteiger partial charge in [-0.3, -0.25) is 0 Å². The number of halogens is 2. The van der Waals surface area contributed by atoms with Crippen LogP contribution in [0.5, 0.6) is 11.5 Å². The number of anilines is 1. The lowest BCUT2D eigenvalue weighted by Gasteiger charge is -2.11. The van der Waals surface area contributed by atoms with Crippen molar-refractivity contribution in [2.24, 2.45) is 0 Å². The molecular weight excluding hydrogens is 285 g/mol. The van der Waals surface area contributed by atoms with E-state index in [1.807, 2.05) is 12.1 Å². The van der Waals surface area contributed by atoms with Gasteiger partial charge in [0, 0.05) is 11.6 Å². The van der Waals surface area contributed by atoms with Gasteiger partial charge in [-0.2, -0.15) is 0 Å². The molecule has 0 radical (unpaired) electrons. The van der Waals surface area contributed by atoms with Crippen molar-refractivity contribution in [2.75, 3.05) is 12.8 Å². The maximum Gasteiger partial charge on any atom is 0.142 e. The Bertz CT molecular complexity index is 588. The Labute approximate surface area is 121 Å². The molecule has 0 amide bonds. The molecule has 0 unspecified atom stereocenters. The molecule has 0 fully saturated rings. The van der Waals surface area contributed by atoms with Gasteiger partial charge in [-0.1, -0.05) is 35.3 Å². The smallest absolute Gasteiger partial charge is 0.142 e. The Morgan fingerprint density at radius 1 is 1.16 bits per heavy atom. The molecule has 3 nitrogen and oxygen atoms in total. The molecule has 2 aromatic rings. The first kappa shape index (κ1) is 13.8. The van der Waals surface area contributed by atoms with E-state index in [9.17, 15) is 0 Å². The van der Waals surface area contributed by atoms with Crippen LogP contribution >= 0.6 is 23.2 Å². The van der Waals surface area contributed by atoms with Crippen LogP contribution in [0.15, 0.2) is 36.4 Å². The van der Waals surface area contributed by atoms with Crippen LogP contribution in [0, 0.1) is 0 Å². The molecule has 2 N–H and O–H groups in total. The lowest BCUT2D eigenvalue weighted by molar-refractivity contribution is 0.307. The molecule has 100 valence electrons. The second-order valence-corrected chi connectivity index (χ2v) is 4.69. The number of methoxy groups -OCH3 is 1. The normalized spacial score (nSPS) is 10.3. The van der Waals surface area contributed by atoms with E-state index >= 15 is 0 Å². The highest BCUT2D eigenvalue weighted by molar-refractivity contribution is 6.42. The number of nitrogen functional groups attached to an aromatic ring is 1. The van der Waals surface area contributed by atoms with E-state index in [1.165, 1.54) is 0 Å². The minimum Gasteiger partial charge on any atom is -0.497 e. The molecule has 0 heterocycles. The third kappa shape index (κ3) is 3.25. The standard InChI is InChI=1S/C14H13Cl2NO2/c1-18-10-5-6-13(12(17)7-10)19-8-9-3-2-4-11(15)14(9)16/h2-7H,8,17H2,1H3. The molecule has 5 heteroatoms. The summed E-state index contributed by atoms with van der Waals surface area (Å²) in [7, 11) is 1.58. The summed E-state index contributed by atoms with van der Waals surface area (Å²) < 4.78 is 10.7. The molecule has 2 rings (SSSR count). The number of nitrogens with two attached hydrogens (primary N) is 1. The molecule has 0 saturated heterocycles. The van der Waals surface area contributed by atoms with Gasteiger partial charge in [-0.05, 0) is 18.2 Å². The molecule has 19 heavy (non-hydrogen) atoms. The Morgan fingerprint density at radius 2 is 1.95 bits per heavy atom. The number of hydrogen-bond donors (Lipinski definition) is 1. The predicted octanol–water partition coefficient (Wildman–Crippen LogP) is 4.16. The van der Waals surface area contributed by atoms with E-state index in [1.54, 1.807) is 31.4 Å². The first-order valence-electron chi connectivity index (χ1n) is 5.61. The maximum absolute atomic E-state index is 6.08. The maximum atomic E-state index is 6.08. The average molecular weight is 298 g/mol. The van der Waals surface area contributed by atoms with Crippen molar-refractivity contribution in [3.8, 4) is 11.5 Å². The minimum absolute atomic E-state index is 0.302. The summed E-state index contributed by atoms with van der Waals surface area (Å²) in [5, 5.41) is 1.00. The van der Waals surface area contributed by atoms with Crippen molar-refractivity contribution in [1.82, 2.24) is 0 Å². The van der Waals surface area contributed by atoms with Gasteiger partial charge in [-0.15, -0.1) is 0 Å². The van der Waals surface area contributed by atoms with E-state index in [0.717, 1.165) is 5.56 Å². The highest BCUT2D eigenvalue weighted by Crippen LogP contribution is 2.29. The Morgan fingerprint density at radius 3 is 2.63 bits per heavy atom. The first-order chi connectivity index (χ1) is 9.11. The average Bonchev–Trinajstić information content (AvgIpc) is 2.41. The molecule has 0 bridgehead atoms. The van der Waals surface area contributed by atoms with Crippen molar-refractivity contribution in [3.05, 3.63) is 52.0 Å². The van der Waals surface area contributed by atoms with Gasteiger partial charge < -0.3 is 15.2 Å². The Balaban J connectivity index is 2.12. The van der Waals surface area contributed by atoms with Crippen LogP contribution in [0.4, 0.5) is 5.69 Å². The van der Waals surface area contributed by atoms with Crippen molar-refractivity contribution in [2.45, 2.75) is 6.61 Å². The number of benzene rings is 2. The predicted molar refractivity (Wildman–Crippen MR) is 78.2 cm³/mol. The zero-order chi connectivity index (χ0) is 13.8. The van der Waals surface area contributed by atoms with Gasteiger partial charge in [0.15, 0.2) is 0 Å². The fourth-order valence-corrected chi connectivity index (χ4v) is 1.98. The lowest BCUT2D eigenvalue weighted by Crippen LogP contribution is -2.00. The molecule has 0 aromatic heterocycles. The molecule has 0 saturated carbocycles. The van der Waals surface area contributed by atoms with Crippen LogP contribution in [-0.4, -0.2) is 7.11 Å². The largest absolute Gasteiger partial charge is 0.497 e. The van der Waals surface area contributed by atoms with E-state index in [-0.39, 0.29) is 0 Å². The van der Waals surface area contributed by atoms with Gasteiger partial charge in [-0.25, -0.2) is 0 Å². The number of hydrogen-bond acceptors (Lipinski definition) is 3. The zero-order valence-corrected chi connectivity index (χ0v) is 11.8. The minimum atomic E-state index is 0.302. The molecular formula is C14H13Cl2NO2. The van der Waals surface area contributed by atoms with Crippen LogP contribution < -0.4 is 15.2 Å². The van der Waals surface area contributed by atoms with Crippen LogP contribution in [0.2, 0.25) is 10.0 Å². The van der Waals surface area contributed by atoms with E-state index in [0.29, 0.717) is 33.8 Å². The lowest BCUT2D eigenvalue weighted by atomic mass is 10.2. The van der Waals surface area contributed by atoms with Gasteiger partial charge >= 0.3 is 0 Å². The van der Waals surface area contributed by atoms with Crippen LogP contribution in [0.1, 0.15) is 5.56 Å². The molecule has 0 aliphatic carbocycles. The fourth-order valence-electron chi connectivity index (χ4n) is 1.60. The third-order valence-corrected chi connectivity index (χ3v) is 3.49. The van der Waals surface area contributed by atoms with Crippen molar-refractivity contribution in [1.29, 1.82) is 0 Å². The number of ether oxygens (including phenoxy) is 2. The molecule has 0 atom stereocenters. The van der Waals surface area contributed by atoms with Crippen molar-refractivity contribution in [3.63, 3.8) is 0 Å². The Hall–Kier alpha value is -1.58. The van der Waals surface area contributed by atoms with Crippen molar-refractivity contribution >= 4 is 28.9 Å². The molecule has 0 spiro atoms. The Kier molecular flexibility index (Phi) is 4.40. The molecule has 2 aromatic carbocycles. The summed E-state index contributed by atoms with van der Waals surface area (Å²) in [4.78, 5) is 0. The van der Waals surface area contributed by atoms with Crippen LogP contribution in [-0.2, 0) is 6.61 Å². The van der Waals surface area contributed by atoms with Crippen molar-refractivity contribution < 1.29 is 9.47 Å². The van der Waals surface area contributed by atoms with E-state index < -0.39 is 0 Å². The topological polar surface area (TPSA) is 44.5 Å². The molecule has 0 aliphatic heterocycles. The molecule has 0 aliphatic rings. The third-order valence-electron chi connectivity index (χ3n) is 2.63. The summed E-state index contributed by atoms with van der Waals surface area (Å²) in [5.41, 5.74) is 7.19. The van der Waals surface area contributed by atoms with E-state index in [2.05, 4.69) is 0 Å². The second kappa shape index (κ2) is 6.04. The fraction of sp³-hybridized carbons (Fsp3) is 0.143. The van der Waals surface area contributed by atoms with Gasteiger partial charge in [0.2, 0.25) is 0 Å². The zero-order valence-electron chi connectivity index (χ0n) is 10.3. The quantitative estimate of drug-likeness (QED) is 0.862. The summed E-state index contributed by atoms with van der Waals surface area (Å²) in [5.74, 6) is 1.27. The van der Waals surface area contributed by atoms with E-state index in [4.69, 9.17) is 38.4 Å². The SMILES string of the molecule is COc1ccc(OCc2cccc(Cl)c2Cl)c(N)c1. The summed E-state index contributed by atoms with van der Waals surface area (Å²) >= 11 is 12.0. The van der Waals surface area contributed by atoms with Crippen LogP contribution in [0.25, 0.3) is 0 Å². The van der Waals surface area contributed by atoms with Gasteiger partial charge in [0.1, 0.15) is 18.1 Å². The summed E-state index contributed by atoms with van der Waals surface area (Å²) in [6.07, 6.45) is 0. The van der Waals surface area contributed by atoms with Gasteiger partial charge in [0.05, 0.1) is 22.8 Å². The first-order valence-corrected chi connectivity index (χ1v) is 6.36. The summed E-state index contributed by atoms with van der Waals surface area (Å²) in [6, 6.07) is 10.7. The van der Waals surface area contributed by atoms with Gasteiger partial charge in [0.25, 0.3) is 0 Å². The number of rotatable bonds is 4. The summed E-state index contributed by atoms with van der Waals surface area (Å²) in [6.45, 7) is 0.302. The second-order valence-electron chi connectivity index (χ2n) is 3.91. The monoisotopic (exact) mass is 297 g/mol. The highest BCUT2D eigenvalue weighted by atomic mass is 35.5. The highest BCUT2D eigenvalue weighted by Gasteiger charge is 2.07. The van der Waals surface area contributed by atoms with Crippen LogP contribution in [0.3, 0.4) is 0 Å².